The van der Waals surface area contributed by atoms with Crippen LogP contribution in [0.15, 0.2) is 34.9 Å². The van der Waals surface area contributed by atoms with Crippen LogP contribution in [0.5, 0.6) is 0 Å². The highest BCUT2D eigenvalue weighted by atomic mass is 32.2. The molecule has 0 aliphatic heterocycles. The number of sulfonamides is 1. The minimum atomic E-state index is -3.61. The van der Waals surface area contributed by atoms with E-state index in [0.717, 1.165) is 0 Å². The minimum Gasteiger partial charge on any atom is -0.389 e. The molecule has 1 atom stereocenters. The molecule has 20 heavy (non-hydrogen) atoms. The van der Waals surface area contributed by atoms with Gasteiger partial charge in [-0.25, -0.2) is 8.42 Å². The van der Waals surface area contributed by atoms with Crippen molar-refractivity contribution >= 4 is 15.7 Å². The van der Waals surface area contributed by atoms with Gasteiger partial charge >= 0.3 is 0 Å². The first-order chi connectivity index (χ1) is 9.37. The largest absolute Gasteiger partial charge is 0.389 e. The molecule has 0 aliphatic rings. The molecule has 108 valence electrons. The van der Waals surface area contributed by atoms with Gasteiger partial charge in [-0.15, -0.1) is 0 Å². The lowest BCUT2D eigenvalue weighted by atomic mass is 10.1. The Hall–Kier alpha value is -1.86. The fourth-order valence-corrected chi connectivity index (χ4v) is 2.96. The number of aryl methyl sites for hydroxylation is 1. The highest BCUT2D eigenvalue weighted by Gasteiger charge is 2.17. The van der Waals surface area contributed by atoms with Crippen LogP contribution in [-0.2, 0) is 15.8 Å². The Morgan fingerprint density at radius 2 is 2.10 bits per heavy atom. The van der Waals surface area contributed by atoms with Crippen molar-refractivity contribution in [3.8, 4) is 0 Å². The normalized spacial score (nSPS) is 13.2. The Kier molecular flexibility index (Phi) is 4.10. The van der Waals surface area contributed by atoms with Crippen molar-refractivity contribution < 1.29 is 18.0 Å². The summed E-state index contributed by atoms with van der Waals surface area (Å²) in [6.45, 7) is 3.27. The summed E-state index contributed by atoms with van der Waals surface area (Å²) in [5.41, 5.74) is 1.22. The third-order valence-electron chi connectivity index (χ3n) is 2.69. The first kappa shape index (κ1) is 14.5. The summed E-state index contributed by atoms with van der Waals surface area (Å²) >= 11 is 0. The second kappa shape index (κ2) is 5.64. The molecule has 0 radical (unpaired) electrons. The number of aliphatic hydroxyl groups is 1. The van der Waals surface area contributed by atoms with E-state index in [9.17, 15) is 13.5 Å². The van der Waals surface area contributed by atoms with Crippen molar-refractivity contribution in [3.63, 3.8) is 0 Å². The standard InChI is InChI=1S/C13H16N2O4S/c1-9-7-11(14-19-9)8-20(17,18)15-13-6-4-3-5-12(13)10(2)16/h3-7,10,15-16H,8H2,1-2H3. The summed E-state index contributed by atoms with van der Waals surface area (Å²) in [4.78, 5) is 0. The number of hydrogen-bond donors (Lipinski definition) is 2. The van der Waals surface area contributed by atoms with Gasteiger partial charge in [0.15, 0.2) is 0 Å². The molecular formula is C13H16N2O4S. The van der Waals surface area contributed by atoms with Crippen LogP contribution in [0.25, 0.3) is 0 Å². The zero-order chi connectivity index (χ0) is 14.8. The van der Waals surface area contributed by atoms with Crippen molar-refractivity contribution in [2.45, 2.75) is 25.7 Å². The third kappa shape index (κ3) is 3.58. The van der Waals surface area contributed by atoms with E-state index in [1.165, 1.54) is 0 Å². The van der Waals surface area contributed by atoms with Crippen molar-refractivity contribution in [1.29, 1.82) is 0 Å². The molecule has 0 saturated carbocycles. The summed E-state index contributed by atoms with van der Waals surface area (Å²) < 4.78 is 31.5. The SMILES string of the molecule is Cc1cc(CS(=O)(=O)Nc2ccccc2C(C)O)no1. The number of nitrogens with one attached hydrogen (secondary N) is 1. The molecule has 2 N–H and O–H groups in total. The van der Waals surface area contributed by atoms with Gasteiger partial charge in [0.2, 0.25) is 10.0 Å². The van der Waals surface area contributed by atoms with Crippen LogP contribution >= 0.6 is 0 Å². The molecule has 0 saturated heterocycles. The van der Waals surface area contributed by atoms with Gasteiger partial charge in [0.1, 0.15) is 17.2 Å². The maximum atomic E-state index is 12.1. The zero-order valence-corrected chi connectivity index (χ0v) is 12.0. The third-order valence-corrected chi connectivity index (χ3v) is 3.90. The lowest BCUT2D eigenvalue weighted by molar-refractivity contribution is 0.200. The van der Waals surface area contributed by atoms with Crippen molar-refractivity contribution in [3.05, 3.63) is 47.3 Å². The molecule has 7 heteroatoms. The fourth-order valence-electron chi connectivity index (χ4n) is 1.84. The molecule has 1 aromatic carbocycles. The number of aliphatic hydroxyl groups excluding tert-OH is 1. The Balaban J connectivity index is 2.20. The van der Waals surface area contributed by atoms with Crippen LogP contribution < -0.4 is 4.72 Å². The fraction of sp³-hybridized carbons (Fsp3) is 0.308. The van der Waals surface area contributed by atoms with E-state index in [4.69, 9.17) is 4.52 Å². The summed E-state index contributed by atoms with van der Waals surface area (Å²) in [5, 5.41) is 13.3. The van der Waals surface area contributed by atoms with E-state index in [1.807, 2.05) is 0 Å². The minimum absolute atomic E-state index is 0.279. The lowest BCUT2D eigenvalue weighted by Gasteiger charge is -2.13. The molecule has 0 fully saturated rings. The van der Waals surface area contributed by atoms with E-state index in [0.29, 0.717) is 22.7 Å². The van der Waals surface area contributed by atoms with Gasteiger partial charge in [-0.3, -0.25) is 4.72 Å². The predicted octanol–water partition coefficient (Wildman–Crippen LogP) is 1.98. The van der Waals surface area contributed by atoms with Crippen LogP contribution in [0.3, 0.4) is 0 Å². The number of para-hydroxylation sites is 1. The van der Waals surface area contributed by atoms with Crippen LogP contribution in [0.4, 0.5) is 5.69 Å². The maximum Gasteiger partial charge on any atom is 0.238 e. The molecule has 0 amide bonds. The molecule has 0 spiro atoms. The van der Waals surface area contributed by atoms with E-state index in [-0.39, 0.29) is 5.75 Å². The summed E-state index contributed by atoms with van der Waals surface area (Å²) in [7, 11) is -3.61. The Labute approximate surface area is 117 Å². The van der Waals surface area contributed by atoms with Gasteiger partial charge < -0.3 is 9.63 Å². The van der Waals surface area contributed by atoms with Crippen molar-refractivity contribution in [2.24, 2.45) is 0 Å². The molecule has 1 heterocycles. The van der Waals surface area contributed by atoms with E-state index >= 15 is 0 Å². The average molecular weight is 296 g/mol. The molecule has 0 bridgehead atoms. The second-order valence-corrected chi connectivity index (χ2v) is 6.28. The first-order valence-corrected chi connectivity index (χ1v) is 7.72. The Bertz CT molecular complexity index is 692. The quantitative estimate of drug-likeness (QED) is 0.880. The molecule has 1 unspecified atom stereocenters. The first-order valence-electron chi connectivity index (χ1n) is 6.07. The zero-order valence-electron chi connectivity index (χ0n) is 11.2. The summed E-state index contributed by atoms with van der Waals surface area (Å²) in [6.07, 6.45) is -0.761. The topological polar surface area (TPSA) is 92.4 Å². The van der Waals surface area contributed by atoms with Gasteiger partial charge in [-0.2, -0.15) is 0 Å². The summed E-state index contributed by atoms with van der Waals surface area (Å²) in [5.74, 6) is 0.276. The predicted molar refractivity (Wildman–Crippen MR) is 74.6 cm³/mol. The molecule has 0 aliphatic carbocycles. The van der Waals surface area contributed by atoms with Crippen LogP contribution in [0.1, 0.15) is 30.0 Å². The highest BCUT2D eigenvalue weighted by molar-refractivity contribution is 7.91. The summed E-state index contributed by atoms with van der Waals surface area (Å²) in [6, 6.07) is 8.28. The average Bonchev–Trinajstić information content (AvgIpc) is 2.73. The molecule has 2 rings (SSSR count). The number of nitrogens with zero attached hydrogens (tertiary/aromatic N) is 1. The smallest absolute Gasteiger partial charge is 0.238 e. The van der Waals surface area contributed by atoms with E-state index in [1.54, 1.807) is 44.2 Å². The van der Waals surface area contributed by atoms with E-state index < -0.39 is 16.1 Å². The second-order valence-electron chi connectivity index (χ2n) is 4.55. The monoisotopic (exact) mass is 296 g/mol. The van der Waals surface area contributed by atoms with Gasteiger partial charge in [0.05, 0.1) is 11.8 Å². The molecule has 1 aromatic heterocycles. The number of hydrogen-bond acceptors (Lipinski definition) is 5. The molecule has 2 aromatic rings. The number of rotatable bonds is 5. The van der Waals surface area contributed by atoms with Crippen LogP contribution in [0.2, 0.25) is 0 Å². The van der Waals surface area contributed by atoms with Gasteiger partial charge in [-0.1, -0.05) is 23.4 Å². The van der Waals surface area contributed by atoms with Gasteiger partial charge in [0, 0.05) is 11.6 Å². The maximum absolute atomic E-state index is 12.1. The molecular weight excluding hydrogens is 280 g/mol. The van der Waals surface area contributed by atoms with Gasteiger partial charge in [-0.05, 0) is 19.9 Å². The Morgan fingerprint density at radius 3 is 2.70 bits per heavy atom. The van der Waals surface area contributed by atoms with E-state index in [2.05, 4.69) is 9.88 Å². The highest BCUT2D eigenvalue weighted by Crippen LogP contribution is 2.23. The van der Waals surface area contributed by atoms with Crippen LogP contribution in [0, 0.1) is 6.92 Å². The number of aromatic nitrogens is 1. The molecule has 6 nitrogen and oxygen atoms in total. The number of benzene rings is 1. The van der Waals surface area contributed by atoms with Crippen LogP contribution in [-0.4, -0.2) is 18.7 Å². The van der Waals surface area contributed by atoms with Gasteiger partial charge in [0.25, 0.3) is 0 Å². The lowest BCUT2D eigenvalue weighted by Crippen LogP contribution is -2.16. The number of anilines is 1. The van der Waals surface area contributed by atoms with Crippen molar-refractivity contribution in [2.75, 3.05) is 4.72 Å². The van der Waals surface area contributed by atoms with Crippen molar-refractivity contribution in [1.82, 2.24) is 5.16 Å². The Morgan fingerprint density at radius 1 is 1.40 bits per heavy atom.